The molecule has 1 aromatic carbocycles. The third-order valence-corrected chi connectivity index (χ3v) is 7.91. The van der Waals surface area contributed by atoms with Crippen molar-refractivity contribution in [3.05, 3.63) is 45.1 Å². The van der Waals surface area contributed by atoms with Crippen molar-refractivity contribution in [1.29, 1.82) is 0 Å². The Labute approximate surface area is 178 Å². The molecule has 1 aliphatic heterocycles. The molecule has 1 fully saturated rings. The molecule has 0 saturated carbocycles. The van der Waals surface area contributed by atoms with Gasteiger partial charge in [0.1, 0.15) is 4.90 Å². The summed E-state index contributed by atoms with van der Waals surface area (Å²) in [6.45, 7) is 0.287. The number of methoxy groups -OCH3 is 1. The maximum atomic E-state index is 13.5. The number of amides is 1. The molecule has 156 valence electrons. The van der Waals surface area contributed by atoms with Crippen molar-refractivity contribution in [2.75, 3.05) is 20.7 Å². The summed E-state index contributed by atoms with van der Waals surface area (Å²) < 4.78 is 33.5. The van der Waals surface area contributed by atoms with Gasteiger partial charge >= 0.3 is 0 Å². The molecule has 0 spiro atoms. The highest BCUT2D eigenvalue weighted by Crippen LogP contribution is 2.37. The summed E-state index contributed by atoms with van der Waals surface area (Å²) in [5.74, 6) is -0.660. The molecule has 7 nitrogen and oxygen atoms in total. The normalized spacial score (nSPS) is 17.3. The highest BCUT2D eigenvalue weighted by Gasteiger charge is 2.39. The molecule has 2 heterocycles. The number of rotatable bonds is 7. The Kier molecular flexibility index (Phi) is 6.62. The van der Waals surface area contributed by atoms with Crippen LogP contribution in [0.1, 0.15) is 39.3 Å². The molecular formula is C19H21ClN2O5S2. The Balaban J connectivity index is 1.98. The molecule has 2 aromatic rings. The summed E-state index contributed by atoms with van der Waals surface area (Å²) in [7, 11) is -1.30. The van der Waals surface area contributed by atoms with Crippen molar-refractivity contribution >= 4 is 44.7 Å². The van der Waals surface area contributed by atoms with E-state index in [0.29, 0.717) is 17.7 Å². The van der Waals surface area contributed by atoms with Crippen molar-refractivity contribution in [1.82, 2.24) is 9.62 Å². The van der Waals surface area contributed by atoms with Crippen LogP contribution in [-0.2, 0) is 10.0 Å². The van der Waals surface area contributed by atoms with Gasteiger partial charge in [0.15, 0.2) is 11.5 Å². The highest BCUT2D eigenvalue weighted by atomic mass is 35.5. The molecule has 1 aromatic heterocycles. The second kappa shape index (κ2) is 8.83. The number of Topliss-reactive ketones (excluding diaryl/α,β-unsaturated/α-hetero) is 1. The summed E-state index contributed by atoms with van der Waals surface area (Å²) in [5.41, 5.74) is 0.0338. The molecule has 1 saturated heterocycles. The molecule has 1 unspecified atom stereocenters. The van der Waals surface area contributed by atoms with Gasteiger partial charge in [0.25, 0.3) is 5.91 Å². The number of nitrogens with zero attached hydrogens (tertiary/aromatic N) is 1. The molecule has 3 rings (SSSR count). The fourth-order valence-electron chi connectivity index (χ4n) is 3.48. The van der Waals surface area contributed by atoms with E-state index in [1.165, 1.54) is 41.9 Å². The van der Waals surface area contributed by atoms with Crippen molar-refractivity contribution in [2.24, 2.45) is 0 Å². The fraction of sp³-hybridized carbons (Fsp3) is 0.368. The van der Waals surface area contributed by atoms with E-state index in [-0.39, 0.29) is 40.0 Å². The zero-order valence-corrected chi connectivity index (χ0v) is 18.4. The predicted octanol–water partition coefficient (Wildman–Crippen LogP) is 3.20. The van der Waals surface area contributed by atoms with Crippen LogP contribution in [-0.4, -0.2) is 51.2 Å². The van der Waals surface area contributed by atoms with Crippen LogP contribution < -0.4 is 10.1 Å². The standard InChI is InChI=1S/C19H21ClN2O5S2/c1-21-19(24)14-9-12(20)10-17(18(14)27-2)29(25,26)22-7-3-5-13(22)11-15(23)16-6-4-8-28-16/h4,6,8-10,13H,3,5,7,11H2,1-2H3,(H,21,24). The van der Waals surface area contributed by atoms with Gasteiger partial charge in [-0.25, -0.2) is 8.42 Å². The Bertz CT molecular complexity index is 1020. The van der Waals surface area contributed by atoms with E-state index in [2.05, 4.69) is 5.32 Å². The number of benzene rings is 1. The quantitative estimate of drug-likeness (QED) is 0.646. The first kappa shape index (κ1) is 21.8. The summed E-state index contributed by atoms with van der Waals surface area (Å²) in [6, 6.07) is 5.70. The Morgan fingerprint density at radius 2 is 2.14 bits per heavy atom. The molecule has 29 heavy (non-hydrogen) atoms. The minimum Gasteiger partial charge on any atom is -0.494 e. The first-order valence-electron chi connectivity index (χ1n) is 8.97. The average Bonchev–Trinajstić information content (AvgIpc) is 3.38. The molecule has 0 aliphatic carbocycles. The van der Waals surface area contributed by atoms with E-state index in [0.717, 1.165) is 0 Å². The largest absolute Gasteiger partial charge is 0.494 e. The van der Waals surface area contributed by atoms with Crippen LogP contribution in [0.4, 0.5) is 0 Å². The van der Waals surface area contributed by atoms with E-state index in [1.54, 1.807) is 12.1 Å². The predicted molar refractivity (Wildman–Crippen MR) is 112 cm³/mol. The number of hydrogen-bond donors (Lipinski definition) is 1. The maximum absolute atomic E-state index is 13.5. The van der Waals surface area contributed by atoms with E-state index >= 15 is 0 Å². The van der Waals surface area contributed by atoms with E-state index in [9.17, 15) is 18.0 Å². The molecule has 0 bridgehead atoms. The monoisotopic (exact) mass is 456 g/mol. The first-order chi connectivity index (χ1) is 13.8. The summed E-state index contributed by atoms with van der Waals surface area (Å²) >= 11 is 7.45. The number of nitrogens with one attached hydrogen (secondary N) is 1. The second-order valence-electron chi connectivity index (χ2n) is 6.58. The van der Waals surface area contributed by atoms with Gasteiger partial charge in [-0.05, 0) is 36.4 Å². The summed E-state index contributed by atoms with van der Waals surface area (Å²) in [5, 5.41) is 4.37. The molecule has 1 N–H and O–H groups in total. The van der Waals surface area contributed by atoms with Crippen LogP contribution in [0.3, 0.4) is 0 Å². The third-order valence-electron chi connectivity index (χ3n) is 4.82. The molecule has 1 amide bonds. The lowest BCUT2D eigenvalue weighted by Crippen LogP contribution is -2.37. The van der Waals surface area contributed by atoms with Crippen molar-refractivity contribution in [2.45, 2.75) is 30.2 Å². The molecule has 0 radical (unpaired) electrons. The number of thiophene rings is 1. The van der Waals surface area contributed by atoms with Crippen molar-refractivity contribution in [3.8, 4) is 5.75 Å². The zero-order chi connectivity index (χ0) is 21.2. The Morgan fingerprint density at radius 3 is 2.76 bits per heavy atom. The lowest BCUT2D eigenvalue weighted by atomic mass is 10.1. The van der Waals surface area contributed by atoms with Gasteiger partial charge in [-0.3, -0.25) is 9.59 Å². The van der Waals surface area contributed by atoms with E-state index in [4.69, 9.17) is 16.3 Å². The minimum atomic E-state index is -4.04. The van der Waals surface area contributed by atoms with Gasteiger partial charge in [0.05, 0.1) is 17.6 Å². The van der Waals surface area contributed by atoms with Crippen molar-refractivity contribution < 1.29 is 22.7 Å². The lowest BCUT2D eigenvalue weighted by molar-refractivity contribution is 0.0954. The number of sulfonamides is 1. The lowest BCUT2D eigenvalue weighted by Gasteiger charge is -2.25. The number of ketones is 1. The van der Waals surface area contributed by atoms with Gasteiger partial charge < -0.3 is 10.1 Å². The summed E-state index contributed by atoms with van der Waals surface area (Å²) in [6.07, 6.45) is 1.33. The van der Waals surface area contributed by atoms with Crippen LogP contribution in [0.2, 0.25) is 5.02 Å². The summed E-state index contributed by atoms with van der Waals surface area (Å²) in [4.78, 5) is 25.1. The highest BCUT2D eigenvalue weighted by molar-refractivity contribution is 7.89. The number of halogens is 1. The Hall–Kier alpha value is -1.94. The SMILES string of the molecule is CNC(=O)c1cc(Cl)cc(S(=O)(=O)N2CCCC2CC(=O)c2cccs2)c1OC. The number of carbonyl (C=O) groups excluding carboxylic acids is 2. The second-order valence-corrected chi connectivity index (χ2v) is 9.82. The van der Waals surface area contributed by atoms with Crippen LogP contribution in [0.25, 0.3) is 0 Å². The molecular weight excluding hydrogens is 436 g/mol. The van der Waals surface area contributed by atoms with Gasteiger partial charge in [-0.1, -0.05) is 17.7 Å². The van der Waals surface area contributed by atoms with Crippen LogP contribution in [0, 0.1) is 0 Å². The average molecular weight is 457 g/mol. The van der Waals surface area contributed by atoms with Crippen molar-refractivity contribution in [3.63, 3.8) is 0 Å². The number of carbonyl (C=O) groups is 2. The number of ether oxygens (including phenoxy) is 1. The maximum Gasteiger partial charge on any atom is 0.254 e. The van der Waals surface area contributed by atoms with Gasteiger partial charge in [0, 0.05) is 31.1 Å². The third kappa shape index (κ3) is 4.32. The van der Waals surface area contributed by atoms with Gasteiger partial charge in [-0.2, -0.15) is 4.31 Å². The smallest absolute Gasteiger partial charge is 0.254 e. The zero-order valence-electron chi connectivity index (χ0n) is 16.0. The minimum absolute atomic E-state index is 0.0338. The first-order valence-corrected chi connectivity index (χ1v) is 11.7. The molecule has 10 heteroatoms. The Morgan fingerprint density at radius 1 is 1.38 bits per heavy atom. The number of hydrogen-bond acceptors (Lipinski definition) is 6. The molecule has 1 aliphatic rings. The van der Waals surface area contributed by atoms with Gasteiger partial charge in [-0.15, -0.1) is 11.3 Å². The molecule has 1 atom stereocenters. The van der Waals surface area contributed by atoms with Crippen LogP contribution in [0.5, 0.6) is 5.75 Å². The van der Waals surface area contributed by atoms with E-state index in [1.807, 2.05) is 5.38 Å². The van der Waals surface area contributed by atoms with Crippen LogP contribution in [0.15, 0.2) is 34.5 Å². The fourth-order valence-corrected chi connectivity index (χ4v) is 6.34. The van der Waals surface area contributed by atoms with Crippen LogP contribution >= 0.6 is 22.9 Å². The topological polar surface area (TPSA) is 92.8 Å². The van der Waals surface area contributed by atoms with E-state index < -0.39 is 22.0 Å². The van der Waals surface area contributed by atoms with Gasteiger partial charge in [0.2, 0.25) is 10.0 Å².